The number of amides is 1. The number of carbonyl (C=O) groups excluding carboxylic acids is 1. The van der Waals surface area contributed by atoms with Crippen LogP contribution in [0.25, 0.3) is 0 Å². The van der Waals surface area contributed by atoms with E-state index in [1.807, 2.05) is 4.90 Å². The minimum Gasteiger partial charge on any atom is -0.444 e. The molecule has 1 aliphatic heterocycles. The molecule has 0 radical (unpaired) electrons. The zero-order valence-corrected chi connectivity index (χ0v) is 19.6. The number of halogens is 3. The lowest BCUT2D eigenvalue weighted by Crippen LogP contribution is -2.72. The van der Waals surface area contributed by atoms with Crippen LogP contribution in [0.15, 0.2) is 36.5 Å². The summed E-state index contributed by atoms with van der Waals surface area (Å²) in [4.78, 5) is 18.4. The van der Waals surface area contributed by atoms with Crippen LogP contribution in [0.3, 0.4) is 0 Å². The quantitative estimate of drug-likeness (QED) is 0.345. The molecule has 0 aliphatic carbocycles. The molecule has 1 saturated heterocycles. The summed E-state index contributed by atoms with van der Waals surface area (Å²) in [7, 11) is 0. The van der Waals surface area contributed by atoms with Crippen LogP contribution in [0, 0.1) is 5.41 Å². The number of carbonyl (C=O) groups is 1. The molecular weight excluding hydrogens is 467 g/mol. The first-order valence-corrected chi connectivity index (χ1v) is 11.0. The molecule has 1 amide bonds. The Morgan fingerprint density at radius 1 is 1.26 bits per heavy atom. The Labute approximate surface area is 200 Å². The van der Waals surface area contributed by atoms with Gasteiger partial charge in [-0.05, 0) is 45.4 Å². The predicted molar refractivity (Wildman–Crippen MR) is 123 cm³/mol. The molecule has 35 heavy (non-hydrogen) atoms. The summed E-state index contributed by atoms with van der Waals surface area (Å²) in [6.45, 7) is 6.01. The Hall–Kier alpha value is -3.38. The van der Waals surface area contributed by atoms with Gasteiger partial charge in [0.1, 0.15) is 22.6 Å². The van der Waals surface area contributed by atoms with Crippen molar-refractivity contribution in [2.24, 2.45) is 0 Å². The number of β-amino-alcohol motifs (C(OH)–C–C–N with tert-alkyl or cyclic N) is 1. The molecule has 1 aromatic heterocycles. The number of hydrogen-bond donors (Lipinski definition) is 4. The number of quaternary nitrogens is 1. The summed E-state index contributed by atoms with van der Waals surface area (Å²) in [5.41, 5.74) is 1.01. The molecule has 0 bridgehead atoms. The molecule has 3 rings (SSSR count). The van der Waals surface area contributed by atoms with Crippen molar-refractivity contribution in [2.45, 2.75) is 45.3 Å². The van der Waals surface area contributed by atoms with Crippen LogP contribution < -0.4 is 20.3 Å². The second-order valence-corrected chi connectivity index (χ2v) is 9.07. The van der Waals surface area contributed by atoms with Crippen LogP contribution in [0.4, 0.5) is 35.2 Å². The highest BCUT2D eigenvalue weighted by Gasteiger charge is 2.31. The lowest BCUT2D eigenvalue weighted by molar-refractivity contribution is -0.483. The largest absolute Gasteiger partial charge is 0.573 e. The maximum atomic E-state index is 12.4. The van der Waals surface area contributed by atoms with E-state index in [-0.39, 0.29) is 18.0 Å². The molecule has 0 saturated carbocycles. The zero-order chi connectivity index (χ0) is 25.8. The molecule has 1 aromatic carbocycles. The van der Waals surface area contributed by atoms with E-state index in [1.165, 1.54) is 24.3 Å². The van der Waals surface area contributed by atoms with Crippen molar-refractivity contribution in [1.29, 1.82) is 5.41 Å². The van der Waals surface area contributed by atoms with E-state index in [0.29, 0.717) is 42.3 Å². The number of nitrogens with zero attached hydrogens (tertiary/aromatic N) is 2. The highest BCUT2D eigenvalue weighted by Crippen LogP contribution is 2.28. The molecule has 2 heterocycles. The van der Waals surface area contributed by atoms with E-state index in [0.717, 1.165) is 0 Å². The number of anilines is 1. The fraction of sp³-hybridized carbons (Fsp3) is 0.435. The molecule has 1 aliphatic rings. The summed E-state index contributed by atoms with van der Waals surface area (Å²) < 4.78 is 46.5. The molecule has 2 aromatic rings. The highest BCUT2D eigenvalue weighted by atomic mass is 19.4. The van der Waals surface area contributed by atoms with Crippen LogP contribution in [0.5, 0.6) is 5.75 Å². The van der Waals surface area contributed by atoms with Gasteiger partial charge in [0.2, 0.25) is 5.82 Å². The maximum Gasteiger partial charge on any atom is 0.573 e. The zero-order valence-electron chi connectivity index (χ0n) is 19.6. The predicted octanol–water partition coefficient (Wildman–Crippen LogP) is 2.97. The Balaban J connectivity index is 1.85. The average molecular weight is 497 g/mol. The monoisotopic (exact) mass is 496 g/mol. The lowest BCUT2D eigenvalue weighted by Gasteiger charge is -2.23. The number of aromatic nitrogens is 1. The number of nitrogens with one attached hydrogen (secondary N) is 2. The third-order valence-corrected chi connectivity index (χ3v) is 4.99. The highest BCUT2D eigenvalue weighted by molar-refractivity contribution is 6.08. The lowest BCUT2D eigenvalue weighted by atomic mass is 10.1. The number of ether oxygens (including phenoxy) is 2. The summed E-state index contributed by atoms with van der Waals surface area (Å²) in [6.07, 6.45) is -3.82. The van der Waals surface area contributed by atoms with Crippen molar-refractivity contribution >= 4 is 29.0 Å². The number of hydrogen-bond acceptors (Lipinski definition) is 7. The molecule has 9 nitrogen and oxygen atoms in total. The minimum atomic E-state index is -4.79. The van der Waals surface area contributed by atoms with Gasteiger partial charge in [-0.2, -0.15) is 0 Å². The number of rotatable bonds is 7. The summed E-state index contributed by atoms with van der Waals surface area (Å²) in [5, 5.41) is 22.9. The van der Waals surface area contributed by atoms with Gasteiger partial charge < -0.3 is 30.2 Å². The van der Waals surface area contributed by atoms with Crippen LogP contribution in [-0.2, 0) is 4.74 Å². The number of aliphatic hydroxyl groups excluding tert-OH is 1. The van der Waals surface area contributed by atoms with Gasteiger partial charge >= 0.3 is 12.5 Å². The number of benzene rings is 1. The molecule has 1 atom stereocenters. The summed E-state index contributed by atoms with van der Waals surface area (Å²) >= 11 is 0. The fourth-order valence-corrected chi connectivity index (χ4v) is 3.60. The number of alkyl carbamates (subject to hydrolysis) is 1. The summed E-state index contributed by atoms with van der Waals surface area (Å²) in [5.74, 6) is 0.0429. The van der Waals surface area contributed by atoms with E-state index in [2.05, 4.69) is 15.0 Å². The van der Waals surface area contributed by atoms with Gasteiger partial charge in [-0.25, -0.2) is 9.78 Å². The number of alkyl halides is 3. The average Bonchev–Trinajstić information content (AvgIpc) is 3.17. The SMILES string of the molecule is CC(C)(C)OC(=O)NCC(=N)c1c(N2CC[C@@H](O)C2)ccnc1[NH2+]c1ccc(OC(F)(F)F)cc1. The summed E-state index contributed by atoms with van der Waals surface area (Å²) in [6, 6.07) is 7.00. The third kappa shape index (κ3) is 7.82. The van der Waals surface area contributed by atoms with Crippen molar-refractivity contribution in [3.63, 3.8) is 0 Å². The molecule has 0 spiro atoms. The Morgan fingerprint density at radius 2 is 1.94 bits per heavy atom. The van der Waals surface area contributed by atoms with E-state index in [9.17, 15) is 23.1 Å². The van der Waals surface area contributed by atoms with Crippen LogP contribution >= 0.6 is 0 Å². The van der Waals surface area contributed by atoms with Crippen molar-refractivity contribution in [2.75, 3.05) is 24.5 Å². The maximum absolute atomic E-state index is 12.4. The Kier molecular flexibility index (Phi) is 7.86. The van der Waals surface area contributed by atoms with Crippen molar-refractivity contribution in [3.8, 4) is 5.75 Å². The molecular formula is C23H29F3N5O4+. The normalized spacial score (nSPS) is 16.2. The fourth-order valence-electron chi connectivity index (χ4n) is 3.60. The van der Waals surface area contributed by atoms with E-state index in [4.69, 9.17) is 10.1 Å². The minimum absolute atomic E-state index is 0.0589. The molecule has 1 fully saturated rings. The van der Waals surface area contributed by atoms with Crippen LogP contribution in [-0.4, -0.2) is 59.6 Å². The number of pyridine rings is 1. The third-order valence-electron chi connectivity index (χ3n) is 4.99. The molecule has 12 heteroatoms. The topological polar surface area (TPSA) is 124 Å². The van der Waals surface area contributed by atoms with Crippen molar-refractivity contribution in [3.05, 3.63) is 42.1 Å². The van der Waals surface area contributed by atoms with Gasteiger partial charge in [0.05, 0.1) is 24.0 Å². The Bertz CT molecular complexity index is 1050. The van der Waals surface area contributed by atoms with Crippen LogP contribution in [0.1, 0.15) is 32.8 Å². The Morgan fingerprint density at radius 3 is 2.51 bits per heavy atom. The van der Waals surface area contributed by atoms with Gasteiger partial charge in [0, 0.05) is 31.4 Å². The van der Waals surface area contributed by atoms with Gasteiger partial charge in [-0.15, -0.1) is 13.2 Å². The standard InChI is InChI=1S/C23H28F3N5O4/c1-22(2,3)35-21(33)29-12-17(27)19-18(31-11-9-15(32)13-31)8-10-28-20(19)30-14-4-6-16(7-5-14)34-23(24,25)26/h4-8,10,15,27,32H,9,11-13H2,1-3H3,(H,28,30)(H,29,33)/p+1/t15-/m1/s1. The van der Waals surface area contributed by atoms with Crippen LogP contribution in [0.2, 0.25) is 0 Å². The van der Waals surface area contributed by atoms with Crippen molar-refractivity contribution < 1.29 is 37.9 Å². The van der Waals surface area contributed by atoms with E-state index < -0.39 is 24.2 Å². The molecule has 5 N–H and O–H groups in total. The van der Waals surface area contributed by atoms with Gasteiger partial charge in [0.25, 0.3) is 0 Å². The first-order chi connectivity index (χ1) is 16.3. The first-order valence-electron chi connectivity index (χ1n) is 11.0. The van der Waals surface area contributed by atoms with Gasteiger partial charge in [-0.3, -0.25) is 5.32 Å². The number of aliphatic hydroxyl groups is 1. The van der Waals surface area contributed by atoms with Gasteiger partial charge in [-0.1, -0.05) is 0 Å². The first kappa shape index (κ1) is 26.2. The smallest absolute Gasteiger partial charge is 0.444 e. The molecule has 190 valence electrons. The van der Waals surface area contributed by atoms with Gasteiger partial charge in [0.15, 0.2) is 0 Å². The number of nitrogens with two attached hydrogens (primary N) is 1. The van der Waals surface area contributed by atoms with E-state index >= 15 is 0 Å². The second-order valence-electron chi connectivity index (χ2n) is 9.07. The van der Waals surface area contributed by atoms with Crippen molar-refractivity contribution in [1.82, 2.24) is 10.3 Å². The van der Waals surface area contributed by atoms with E-state index in [1.54, 1.807) is 38.4 Å². The molecule has 0 unspecified atom stereocenters. The second kappa shape index (κ2) is 10.5.